The van der Waals surface area contributed by atoms with Crippen LogP contribution in [0, 0.1) is 5.41 Å². The van der Waals surface area contributed by atoms with Crippen LogP contribution in [0.3, 0.4) is 0 Å². The lowest BCUT2D eigenvalue weighted by molar-refractivity contribution is -0.173. The Morgan fingerprint density at radius 3 is 2.31 bits per heavy atom. The van der Waals surface area contributed by atoms with Gasteiger partial charge in [0.2, 0.25) is 0 Å². The summed E-state index contributed by atoms with van der Waals surface area (Å²) in [7, 11) is 0. The van der Waals surface area contributed by atoms with Crippen molar-refractivity contribution in [2.24, 2.45) is 5.41 Å². The molecular formula is C29H31F3N4O3. The molecular weight excluding hydrogens is 509 g/mol. The van der Waals surface area contributed by atoms with E-state index in [0.717, 1.165) is 10.2 Å². The Labute approximate surface area is 224 Å². The van der Waals surface area contributed by atoms with Gasteiger partial charge in [0.05, 0.1) is 24.3 Å². The summed E-state index contributed by atoms with van der Waals surface area (Å²) >= 11 is 0. The van der Waals surface area contributed by atoms with Crippen molar-refractivity contribution in [3.63, 3.8) is 0 Å². The van der Waals surface area contributed by atoms with Crippen LogP contribution in [0.2, 0.25) is 0 Å². The Kier molecular flexibility index (Phi) is 7.38. The van der Waals surface area contributed by atoms with Crippen molar-refractivity contribution in [1.82, 2.24) is 14.7 Å². The van der Waals surface area contributed by atoms with E-state index in [4.69, 9.17) is 4.74 Å². The number of benzene rings is 2. The monoisotopic (exact) mass is 540 g/mol. The van der Waals surface area contributed by atoms with Gasteiger partial charge in [-0.05, 0) is 37.3 Å². The van der Waals surface area contributed by atoms with Crippen LogP contribution in [-0.2, 0) is 16.0 Å². The summed E-state index contributed by atoms with van der Waals surface area (Å²) in [5.41, 5.74) is 1.03. The number of nitrogens with zero attached hydrogens (tertiary/aromatic N) is 3. The predicted molar refractivity (Wildman–Crippen MR) is 139 cm³/mol. The van der Waals surface area contributed by atoms with Gasteiger partial charge in [0.25, 0.3) is 5.91 Å². The number of anilines is 1. The lowest BCUT2D eigenvalue weighted by Gasteiger charge is -2.40. The quantitative estimate of drug-likeness (QED) is 0.414. The summed E-state index contributed by atoms with van der Waals surface area (Å²) in [5.74, 6) is -0.631. The Balaban J connectivity index is 1.38. The van der Waals surface area contributed by atoms with E-state index in [9.17, 15) is 22.8 Å². The largest absolute Gasteiger partial charge is 0.466 e. The Bertz CT molecular complexity index is 1300. The van der Waals surface area contributed by atoms with Crippen molar-refractivity contribution in [3.8, 4) is 0 Å². The molecule has 0 saturated carbocycles. The third kappa shape index (κ3) is 5.37. The van der Waals surface area contributed by atoms with E-state index < -0.39 is 29.6 Å². The highest BCUT2D eigenvalue weighted by Gasteiger charge is 2.48. The number of likely N-dealkylation sites (tertiary alicyclic amines) is 1. The van der Waals surface area contributed by atoms with Gasteiger partial charge in [-0.3, -0.25) is 9.59 Å². The maximum atomic E-state index is 14.0. The predicted octanol–water partition coefficient (Wildman–Crippen LogP) is 5.57. The lowest BCUT2D eigenvalue weighted by Crippen LogP contribution is -2.48. The standard InChI is InChI=1S/C29H31F3N4O3/c1-2-39-27(38)28(18-20-9-5-3-6-10-20)13-15-35(16-14-28)26(37)22-19-33-36-24(29(30,31)32)17-23(34-25(22)36)21-11-7-4-8-12-21/h3-12,19,23-24,34H,2,13-18H2,1H3/t23-,24+/m1/s1. The molecule has 3 heterocycles. The number of halogens is 3. The van der Waals surface area contributed by atoms with Crippen molar-refractivity contribution in [1.29, 1.82) is 0 Å². The van der Waals surface area contributed by atoms with Crippen molar-refractivity contribution in [2.45, 2.75) is 50.9 Å². The number of alkyl halides is 3. The molecule has 0 radical (unpaired) electrons. The number of amides is 1. The number of aromatic nitrogens is 2. The van der Waals surface area contributed by atoms with E-state index in [1.54, 1.807) is 42.2 Å². The first-order valence-corrected chi connectivity index (χ1v) is 13.2. The lowest BCUT2D eigenvalue weighted by atomic mass is 9.73. The van der Waals surface area contributed by atoms with Crippen LogP contribution in [0.5, 0.6) is 0 Å². The highest BCUT2D eigenvalue weighted by atomic mass is 19.4. The zero-order chi connectivity index (χ0) is 27.6. The fourth-order valence-corrected chi connectivity index (χ4v) is 5.66. The van der Waals surface area contributed by atoms with Crippen LogP contribution in [0.15, 0.2) is 66.9 Å². The number of nitrogens with one attached hydrogen (secondary N) is 1. The van der Waals surface area contributed by atoms with Crippen molar-refractivity contribution < 1.29 is 27.5 Å². The molecule has 2 aromatic carbocycles. The zero-order valence-corrected chi connectivity index (χ0v) is 21.7. The SMILES string of the molecule is CCOC(=O)C1(Cc2ccccc2)CCN(C(=O)c2cnn3c2N[C@@H](c2ccccc2)C[C@H]3C(F)(F)F)CC1. The number of rotatable bonds is 6. The molecule has 1 fully saturated rings. The number of piperidine rings is 1. The highest BCUT2D eigenvalue weighted by Crippen LogP contribution is 2.45. The third-order valence-corrected chi connectivity index (χ3v) is 7.77. The van der Waals surface area contributed by atoms with Gasteiger partial charge in [-0.25, -0.2) is 4.68 Å². The first kappa shape index (κ1) is 26.8. The van der Waals surface area contributed by atoms with Gasteiger partial charge in [-0.1, -0.05) is 60.7 Å². The Morgan fingerprint density at radius 2 is 1.69 bits per heavy atom. The zero-order valence-electron chi connectivity index (χ0n) is 21.7. The van der Waals surface area contributed by atoms with Crippen LogP contribution >= 0.6 is 0 Å². The fourth-order valence-electron chi connectivity index (χ4n) is 5.66. The average molecular weight is 541 g/mol. The topological polar surface area (TPSA) is 76.5 Å². The summed E-state index contributed by atoms with van der Waals surface area (Å²) in [5, 5.41) is 7.14. The summed E-state index contributed by atoms with van der Waals surface area (Å²) < 4.78 is 48.5. The molecule has 206 valence electrons. The molecule has 1 aromatic heterocycles. The van der Waals surface area contributed by atoms with Gasteiger partial charge in [0.1, 0.15) is 11.4 Å². The Morgan fingerprint density at radius 1 is 1.05 bits per heavy atom. The molecule has 1 N–H and O–H groups in total. The van der Waals surface area contributed by atoms with Crippen LogP contribution < -0.4 is 5.32 Å². The van der Waals surface area contributed by atoms with Crippen LogP contribution in [0.4, 0.5) is 19.0 Å². The second-order valence-electron chi connectivity index (χ2n) is 10.2. The van der Waals surface area contributed by atoms with Crippen molar-refractivity contribution >= 4 is 17.7 Å². The molecule has 0 bridgehead atoms. The molecule has 39 heavy (non-hydrogen) atoms. The minimum absolute atomic E-state index is 0.0638. The van der Waals surface area contributed by atoms with Gasteiger partial charge in [-0.2, -0.15) is 18.3 Å². The van der Waals surface area contributed by atoms with Gasteiger partial charge in [0.15, 0.2) is 6.04 Å². The summed E-state index contributed by atoms with van der Waals surface area (Å²) in [6.07, 6.45) is -2.28. The maximum Gasteiger partial charge on any atom is 0.410 e. The second-order valence-corrected chi connectivity index (χ2v) is 10.2. The molecule has 1 amide bonds. The molecule has 2 aliphatic rings. The first-order valence-electron chi connectivity index (χ1n) is 13.2. The van der Waals surface area contributed by atoms with E-state index in [0.29, 0.717) is 24.8 Å². The minimum Gasteiger partial charge on any atom is -0.466 e. The minimum atomic E-state index is -4.53. The second kappa shape index (κ2) is 10.7. The summed E-state index contributed by atoms with van der Waals surface area (Å²) in [6.45, 7) is 2.58. The number of hydrogen-bond donors (Lipinski definition) is 1. The molecule has 0 unspecified atom stereocenters. The molecule has 2 atom stereocenters. The molecule has 0 spiro atoms. The van der Waals surface area contributed by atoms with Crippen LogP contribution in [-0.4, -0.2) is 52.4 Å². The highest BCUT2D eigenvalue weighted by molar-refractivity contribution is 5.99. The summed E-state index contributed by atoms with van der Waals surface area (Å²) in [4.78, 5) is 28.3. The number of carbonyl (C=O) groups is 2. The molecule has 3 aromatic rings. The fraction of sp³-hybridized carbons (Fsp3) is 0.414. The molecule has 0 aliphatic carbocycles. The van der Waals surface area contributed by atoms with Gasteiger partial charge in [-0.15, -0.1) is 0 Å². The van der Waals surface area contributed by atoms with Gasteiger partial charge < -0.3 is 15.0 Å². The number of esters is 1. The van der Waals surface area contributed by atoms with E-state index in [2.05, 4.69) is 10.4 Å². The van der Waals surface area contributed by atoms with E-state index >= 15 is 0 Å². The van der Waals surface area contributed by atoms with Crippen LogP contribution in [0.1, 0.15) is 59.8 Å². The molecule has 1 saturated heterocycles. The number of hydrogen-bond acceptors (Lipinski definition) is 5. The average Bonchev–Trinajstić information content (AvgIpc) is 3.37. The number of ether oxygens (including phenoxy) is 1. The molecule has 5 rings (SSSR count). The number of carbonyl (C=O) groups excluding carboxylic acids is 2. The maximum absolute atomic E-state index is 14.0. The van der Waals surface area contributed by atoms with Gasteiger partial charge in [0, 0.05) is 19.5 Å². The molecule has 7 nitrogen and oxygen atoms in total. The first-order chi connectivity index (χ1) is 18.7. The van der Waals surface area contributed by atoms with Crippen molar-refractivity contribution in [2.75, 3.05) is 25.0 Å². The Hall–Kier alpha value is -3.82. The summed E-state index contributed by atoms with van der Waals surface area (Å²) in [6, 6.07) is 16.1. The van der Waals surface area contributed by atoms with E-state index in [-0.39, 0.29) is 43.5 Å². The molecule has 10 heteroatoms. The van der Waals surface area contributed by atoms with E-state index in [1.807, 2.05) is 30.3 Å². The van der Waals surface area contributed by atoms with Crippen molar-refractivity contribution in [3.05, 3.63) is 83.6 Å². The van der Waals surface area contributed by atoms with E-state index in [1.165, 1.54) is 6.20 Å². The van der Waals surface area contributed by atoms with Gasteiger partial charge >= 0.3 is 12.1 Å². The number of fused-ring (bicyclic) bond motifs is 1. The third-order valence-electron chi connectivity index (χ3n) is 7.77. The normalized spacial score (nSPS) is 20.6. The smallest absolute Gasteiger partial charge is 0.410 e. The molecule has 2 aliphatic heterocycles. The van der Waals surface area contributed by atoms with Crippen LogP contribution in [0.25, 0.3) is 0 Å².